The first kappa shape index (κ1) is 16.6. The van der Waals surface area contributed by atoms with Gasteiger partial charge in [-0.05, 0) is 38.5 Å². The molecule has 1 aliphatic rings. The molecule has 1 atom stereocenters. The molecule has 0 bridgehead atoms. The van der Waals surface area contributed by atoms with Gasteiger partial charge in [0.1, 0.15) is 0 Å². The SMILES string of the molecule is Cc1cc(C)n(-c2ccc(C(=O)N(C)C3CCS(=O)(=O)C3)cn2)n1. The minimum Gasteiger partial charge on any atom is -0.338 e. The number of aromatic nitrogens is 3. The normalized spacial score (nSPS) is 19.4. The Bertz CT molecular complexity index is 871. The number of carbonyl (C=O) groups is 1. The first-order valence-corrected chi connectivity index (χ1v) is 9.56. The van der Waals surface area contributed by atoms with Gasteiger partial charge in [-0.25, -0.2) is 18.1 Å². The van der Waals surface area contributed by atoms with Crippen LogP contribution in [0.25, 0.3) is 5.82 Å². The topological polar surface area (TPSA) is 85.2 Å². The standard InChI is InChI=1S/C16H20N4O3S/c1-11-8-12(2)20(18-11)15-5-4-13(9-17-15)16(21)19(3)14-6-7-24(22,23)10-14/h4-5,8-9,14H,6-7,10H2,1-3H3. The van der Waals surface area contributed by atoms with Crippen molar-refractivity contribution in [1.82, 2.24) is 19.7 Å². The number of hydrogen-bond donors (Lipinski definition) is 0. The van der Waals surface area contributed by atoms with E-state index in [1.807, 2.05) is 19.9 Å². The second-order valence-electron chi connectivity index (χ2n) is 6.22. The molecule has 1 fully saturated rings. The number of pyridine rings is 1. The van der Waals surface area contributed by atoms with E-state index >= 15 is 0 Å². The Kier molecular flexibility index (Phi) is 4.16. The molecule has 128 valence electrons. The van der Waals surface area contributed by atoms with E-state index in [1.165, 1.54) is 11.1 Å². The van der Waals surface area contributed by atoms with Gasteiger partial charge in [0.15, 0.2) is 15.7 Å². The molecule has 0 aromatic carbocycles. The molecule has 2 aromatic rings. The molecule has 0 N–H and O–H groups in total. The lowest BCUT2D eigenvalue weighted by molar-refractivity contribution is 0.0747. The summed E-state index contributed by atoms with van der Waals surface area (Å²) in [6.07, 6.45) is 2.00. The summed E-state index contributed by atoms with van der Waals surface area (Å²) >= 11 is 0. The maximum absolute atomic E-state index is 12.5. The maximum atomic E-state index is 12.5. The highest BCUT2D eigenvalue weighted by Gasteiger charge is 2.33. The van der Waals surface area contributed by atoms with Gasteiger partial charge < -0.3 is 4.90 Å². The molecule has 0 radical (unpaired) electrons. The van der Waals surface area contributed by atoms with Crippen LogP contribution < -0.4 is 0 Å². The van der Waals surface area contributed by atoms with Crippen molar-refractivity contribution in [2.24, 2.45) is 0 Å². The summed E-state index contributed by atoms with van der Waals surface area (Å²) in [5.74, 6) is 0.601. The molecule has 0 saturated carbocycles. The highest BCUT2D eigenvalue weighted by Crippen LogP contribution is 2.19. The van der Waals surface area contributed by atoms with Crippen LogP contribution in [-0.4, -0.2) is 58.6 Å². The fourth-order valence-corrected chi connectivity index (χ4v) is 4.72. The van der Waals surface area contributed by atoms with E-state index in [-0.39, 0.29) is 23.5 Å². The van der Waals surface area contributed by atoms with E-state index in [0.717, 1.165) is 11.4 Å². The van der Waals surface area contributed by atoms with Gasteiger partial charge in [0.25, 0.3) is 5.91 Å². The number of aryl methyl sites for hydroxylation is 2. The zero-order valence-corrected chi connectivity index (χ0v) is 14.7. The Morgan fingerprint density at radius 2 is 2.08 bits per heavy atom. The van der Waals surface area contributed by atoms with E-state index in [9.17, 15) is 13.2 Å². The molecule has 24 heavy (non-hydrogen) atoms. The maximum Gasteiger partial charge on any atom is 0.255 e. The third-order valence-corrected chi connectivity index (χ3v) is 6.05. The zero-order chi connectivity index (χ0) is 17.5. The Morgan fingerprint density at radius 1 is 1.33 bits per heavy atom. The van der Waals surface area contributed by atoms with Gasteiger partial charge in [-0.1, -0.05) is 0 Å². The first-order chi connectivity index (χ1) is 11.3. The molecule has 3 rings (SSSR count). The summed E-state index contributed by atoms with van der Waals surface area (Å²) in [4.78, 5) is 18.4. The van der Waals surface area contributed by atoms with E-state index in [0.29, 0.717) is 17.8 Å². The highest BCUT2D eigenvalue weighted by molar-refractivity contribution is 7.91. The number of hydrogen-bond acceptors (Lipinski definition) is 5. The summed E-state index contributed by atoms with van der Waals surface area (Å²) in [5, 5.41) is 4.36. The van der Waals surface area contributed by atoms with E-state index in [2.05, 4.69) is 10.1 Å². The monoisotopic (exact) mass is 348 g/mol. The van der Waals surface area contributed by atoms with Crippen LogP contribution in [0.2, 0.25) is 0 Å². The predicted octanol–water partition coefficient (Wildman–Crippen LogP) is 1.14. The Balaban J connectivity index is 1.78. The quantitative estimate of drug-likeness (QED) is 0.830. The number of amides is 1. The van der Waals surface area contributed by atoms with Crippen molar-refractivity contribution in [2.45, 2.75) is 26.3 Å². The second-order valence-corrected chi connectivity index (χ2v) is 8.45. The molecule has 2 aromatic heterocycles. The van der Waals surface area contributed by atoms with Gasteiger partial charge in [-0.15, -0.1) is 0 Å². The summed E-state index contributed by atoms with van der Waals surface area (Å²) in [6, 6.07) is 5.13. The van der Waals surface area contributed by atoms with Crippen LogP contribution in [-0.2, 0) is 9.84 Å². The fraction of sp³-hybridized carbons (Fsp3) is 0.438. The van der Waals surface area contributed by atoms with Crippen molar-refractivity contribution in [3.05, 3.63) is 41.3 Å². The van der Waals surface area contributed by atoms with Gasteiger partial charge in [0.05, 0.1) is 22.8 Å². The summed E-state index contributed by atoms with van der Waals surface area (Å²) < 4.78 is 24.9. The molecule has 0 spiro atoms. The third-order valence-electron chi connectivity index (χ3n) is 4.30. The zero-order valence-electron chi connectivity index (χ0n) is 13.9. The minimum absolute atomic E-state index is 0.0342. The Labute approximate surface area is 141 Å². The summed E-state index contributed by atoms with van der Waals surface area (Å²) in [7, 11) is -1.38. The molecule has 1 aliphatic heterocycles. The van der Waals surface area contributed by atoms with Gasteiger partial charge >= 0.3 is 0 Å². The van der Waals surface area contributed by atoms with Crippen molar-refractivity contribution >= 4 is 15.7 Å². The highest BCUT2D eigenvalue weighted by atomic mass is 32.2. The van der Waals surface area contributed by atoms with Crippen LogP contribution in [0.5, 0.6) is 0 Å². The Hall–Kier alpha value is -2.22. The molecule has 1 amide bonds. The van der Waals surface area contributed by atoms with Gasteiger partial charge in [-0.2, -0.15) is 5.10 Å². The molecule has 3 heterocycles. The average molecular weight is 348 g/mol. The van der Waals surface area contributed by atoms with Crippen molar-refractivity contribution in [2.75, 3.05) is 18.6 Å². The van der Waals surface area contributed by atoms with Crippen LogP contribution in [0, 0.1) is 13.8 Å². The predicted molar refractivity (Wildman–Crippen MR) is 90.0 cm³/mol. The second kappa shape index (κ2) is 6.01. The minimum atomic E-state index is -3.02. The molecular formula is C16H20N4O3S. The summed E-state index contributed by atoms with van der Waals surface area (Å²) in [5.41, 5.74) is 2.30. The van der Waals surface area contributed by atoms with E-state index in [4.69, 9.17) is 0 Å². The van der Waals surface area contributed by atoms with E-state index in [1.54, 1.807) is 23.9 Å². The number of rotatable bonds is 3. The molecule has 8 heteroatoms. The first-order valence-electron chi connectivity index (χ1n) is 7.74. The van der Waals surface area contributed by atoms with Gasteiger partial charge in [0.2, 0.25) is 0 Å². The number of nitrogens with zero attached hydrogens (tertiary/aromatic N) is 4. The fourth-order valence-electron chi connectivity index (χ4n) is 2.95. The lowest BCUT2D eigenvalue weighted by Crippen LogP contribution is -2.37. The van der Waals surface area contributed by atoms with Crippen molar-refractivity contribution in [1.29, 1.82) is 0 Å². The molecule has 1 saturated heterocycles. The lowest BCUT2D eigenvalue weighted by Gasteiger charge is -2.23. The third kappa shape index (κ3) is 3.19. The average Bonchev–Trinajstić information content (AvgIpc) is 3.07. The van der Waals surface area contributed by atoms with Crippen LogP contribution in [0.1, 0.15) is 28.2 Å². The van der Waals surface area contributed by atoms with E-state index < -0.39 is 9.84 Å². The van der Waals surface area contributed by atoms with Crippen LogP contribution in [0.4, 0.5) is 0 Å². The van der Waals surface area contributed by atoms with Crippen molar-refractivity contribution in [3.8, 4) is 5.82 Å². The molecule has 1 unspecified atom stereocenters. The molecular weight excluding hydrogens is 328 g/mol. The van der Waals surface area contributed by atoms with Gasteiger partial charge in [-0.3, -0.25) is 4.79 Å². The van der Waals surface area contributed by atoms with Crippen LogP contribution in [0.15, 0.2) is 24.4 Å². The van der Waals surface area contributed by atoms with Gasteiger partial charge in [0, 0.05) is 25.0 Å². The van der Waals surface area contributed by atoms with Crippen LogP contribution in [0.3, 0.4) is 0 Å². The van der Waals surface area contributed by atoms with Crippen LogP contribution >= 0.6 is 0 Å². The Morgan fingerprint density at radius 3 is 2.58 bits per heavy atom. The van der Waals surface area contributed by atoms with Crippen molar-refractivity contribution in [3.63, 3.8) is 0 Å². The number of carbonyl (C=O) groups excluding carboxylic acids is 1. The largest absolute Gasteiger partial charge is 0.338 e. The molecule has 0 aliphatic carbocycles. The smallest absolute Gasteiger partial charge is 0.255 e. The number of sulfone groups is 1. The lowest BCUT2D eigenvalue weighted by atomic mass is 10.2. The summed E-state index contributed by atoms with van der Waals surface area (Å²) in [6.45, 7) is 3.85. The molecule has 7 nitrogen and oxygen atoms in total. The van der Waals surface area contributed by atoms with Crippen molar-refractivity contribution < 1.29 is 13.2 Å².